The summed E-state index contributed by atoms with van der Waals surface area (Å²) >= 11 is 0. The molecule has 2 unspecified atom stereocenters. The fourth-order valence-electron chi connectivity index (χ4n) is 1.69. The van der Waals surface area contributed by atoms with Gasteiger partial charge < -0.3 is 10.4 Å². The highest BCUT2D eigenvalue weighted by Gasteiger charge is 2.20. The molecule has 1 heterocycles. The number of aliphatic carboxylic acids is 1. The van der Waals surface area contributed by atoms with E-state index in [1.165, 1.54) is 11.7 Å². The summed E-state index contributed by atoms with van der Waals surface area (Å²) in [6, 6.07) is 8.62. The van der Waals surface area contributed by atoms with Gasteiger partial charge in [0, 0.05) is 12.1 Å². The summed E-state index contributed by atoms with van der Waals surface area (Å²) in [4.78, 5) is 23.9. The topological polar surface area (TPSA) is 110 Å². The van der Waals surface area contributed by atoms with Crippen molar-refractivity contribution in [3.63, 3.8) is 0 Å². The number of tetrazole rings is 1. The number of rotatable bonds is 6. The summed E-state index contributed by atoms with van der Waals surface area (Å²) in [5.74, 6) is -1.54. The van der Waals surface area contributed by atoms with E-state index in [0.717, 1.165) is 5.56 Å². The van der Waals surface area contributed by atoms with Crippen LogP contribution in [0.3, 0.4) is 0 Å². The minimum Gasteiger partial charge on any atom is -0.481 e. The second-order valence-corrected chi connectivity index (χ2v) is 4.96. The Labute approximate surface area is 127 Å². The molecule has 8 heteroatoms. The second kappa shape index (κ2) is 6.79. The molecule has 2 atom stereocenters. The average Bonchev–Trinajstić information content (AvgIpc) is 3.02. The van der Waals surface area contributed by atoms with Crippen LogP contribution in [0.2, 0.25) is 0 Å². The molecule has 1 aromatic carbocycles. The zero-order valence-electron chi connectivity index (χ0n) is 12.3. The predicted molar refractivity (Wildman–Crippen MR) is 77.8 cm³/mol. The number of carbonyl (C=O) groups excluding carboxylic acids is 1. The Morgan fingerprint density at radius 2 is 1.95 bits per heavy atom. The quantitative estimate of drug-likeness (QED) is 0.814. The third-order valence-corrected chi connectivity index (χ3v) is 3.19. The average molecular weight is 303 g/mol. The van der Waals surface area contributed by atoms with Crippen molar-refractivity contribution in [2.24, 2.45) is 5.92 Å². The third kappa shape index (κ3) is 3.66. The molecule has 0 aliphatic carbocycles. The van der Waals surface area contributed by atoms with Crippen LogP contribution in [-0.2, 0) is 9.59 Å². The van der Waals surface area contributed by atoms with Crippen LogP contribution in [0, 0.1) is 5.92 Å². The van der Waals surface area contributed by atoms with Gasteiger partial charge in [-0.2, -0.15) is 4.80 Å². The molecule has 0 saturated carbocycles. The molecule has 0 fully saturated rings. The standard InChI is InChI=1S/C14H17N5O3/c1-9(14(21)22)8-15-13(20)10(2)19-17-12(16-18-19)11-6-4-3-5-7-11/h3-7,9-10H,8H2,1-2H3,(H,15,20)(H,21,22). The molecule has 2 aromatic rings. The van der Waals surface area contributed by atoms with Crippen molar-refractivity contribution in [3.05, 3.63) is 30.3 Å². The van der Waals surface area contributed by atoms with E-state index in [9.17, 15) is 9.59 Å². The van der Waals surface area contributed by atoms with Gasteiger partial charge >= 0.3 is 5.97 Å². The van der Waals surface area contributed by atoms with Crippen LogP contribution in [-0.4, -0.2) is 43.7 Å². The summed E-state index contributed by atoms with van der Waals surface area (Å²) in [6.07, 6.45) is 0. The lowest BCUT2D eigenvalue weighted by atomic mass is 10.2. The maximum absolute atomic E-state index is 12.0. The normalized spacial score (nSPS) is 13.4. The Morgan fingerprint density at radius 3 is 2.59 bits per heavy atom. The van der Waals surface area contributed by atoms with Gasteiger partial charge in [-0.1, -0.05) is 37.3 Å². The van der Waals surface area contributed by atoms with E-state index in [4.69, 9.17) is 5.11 Å². The second-order valence-electron chi connectivity index (χ2n) is 4.96. The van der Waals surface area contributed by atoms with E-state index in [-0.39, 0.29) is 12.5 Å². The number of nitrogens with one attached hydrogen (secondary N) is 1. The maximum Gasteiger partial charge on any atom is 0.308 e. The number of nitrogens with zero attached hydrogens (tertiary/aromatic N) is 4. The molecule has 0 radical (unpaired) electrons. The molecule has 0 aliphatic heterocycles. The van der Waals surface area contributed by atoms with Crippen molar-refractivity contribution in [1.82, 2.24) is 25.5 Å². The molecule has 1 amide bonds. The number of carboxylic acid groups (broad SMARTS) is 1. The molecule has 116 valence electrons. The van der Waals surface area contributed by atoms with Crippen LogP contribution in [0.5, 0.6) is 0 Å². The van der Waals surface area contributed by atoms with Gasteiger partial charge in [-0.25, -0.2) is 0 Å². The summed E-state index contributed by atoms with van der Waals surface area (Å²) < 4.78 is 0. The van der Waals surface area contributed by atoms with Crippen molar-refractivity contribution >= 4 is 11.9 Å². The first-order valence-corrected chi connectivity index (χ1v) is 6.84. The van der Waals surface area contributed by atoms with Crippen molar-refractivity contribution in [2.75, 3.05) is 6.54 Å². The molecule has 2 rings (SSSR count). The molecule has 1 aromatic heterocycles. The highest BCUT2D eigenvalue weighted by atomic mass is 16.4. The van der Waals surface area contributed by atoms with E-state index in [2.05, 4.69) is 20.7 Å². The van der Waals surface area contributed by atoms with Gasteiger partial charge in [0.25, 0.3) is 0 Å². The summed E-state index contributed by atoms with van der Waals surface area (Å²) in [5.41, 5.74) is 0.806. The fourth-order valence-corrected chi connectivity index (χ4v) is 1.69. The molecule has 8 nitrogen and oxygen atoms in total. The Morgan fingerprint density at radius 1 is 1.27 bits per heavy atom. The van der Waals surface area contributed by atoms with Crippen molar-refractivity contribution in [2.45, 2.75) is 19.9 Å². The van der Waals surface area contributed by atoms with Gasteiger partial charge in [0.05, 0.1) is 5.92 Å². The van der Waals surface area contributed by atoms with E-state index in [1.807, 2.05) is 30.3 Å². The molecule has 0 spiro atoms. The monoisotopic (exact) mass is 303 g/mol. The van der Waals surface area contributed by atoms with E-state index >= 15 is 0 Å². The molecule has 0 bridgehead atoms. The molecular formula is C14H17N5O3. The molecule has 22 heavy (non-hydrogen) atoms. The largest absolute Gasteiger partial charge is 0.481 e. The van der Waals surface area contributed by atoms with Crippen molar-refractivity contribution in [3.8, 4) is 11.4 Å². The van der Waals surface area contributed by atoms with Crippen LogP contribution in [0.4, 0.5) is 0 Å². The Balaban J connectivity index is 2.01. The summed E-state index contributed by atoms with van der Waals surface area (Å²) in [7, 11) is 0. The Hall–Kier alpha value is -2.77. The Bertz CT molecular complexity index is 656. The highest BCUT2D eigenvalue weighted by molar-refractivity contribution is 5.80. The summed E-state index contributed by atoms with van der Waals surface area (Å²) in [5, 5.41) is 23.3. The minimum absolute atomic E-state index is 0.0543. The molecule has 0 saturated heterocycles. The third-order valence-electron chi connectivity index (χ3n) is 3.19. The van der Waals surface area contributed by atoms with E-state index < -0.39 is 17.9 Å². The predicted octanol–water partition coefficient (Wildman–Crippen LogP) is 0.738. The zero-order valence-corrected chi connectivity index (χ0v) is 12.3. The van der Waals surface area contributed by atoms with Crippen LogP contribution >= 0.6 is 0 Å². The highest BCUT2D eigenvalue weighted by Crippen LogP contribution is 2.13. The smallest absolute Gasteiger partial charge is 0.308 e. The number of hydrogen-bond acceptors (Lipinski definition) is 5. The van der Waals surface area contributed by atoms with Crippen molar-refractivity contribution < 1.29 is 14.7 Å². The molecule has 0 aliphatic rings. The van der Waals surface area contributed by atoms with Crippen LogP contribution in [0.25, 0.3) is 11.4 Å². The van der Waals surface area contributed by atoms with Gasteiger partial charge in [0.15, 0.2) is 0 Å². The van der Waals surface area contributed by atoms with Gasteiger partial charge in [-0.05, 0) is 12.1 Å². The SMILES string of the molecule is CC(CNC(=O)C(C)n1nnc(-c2ccccc2)n1)C(=O)O. The number of carbonyl (C=O) groups is 2. The van der Waals surface area contributed by atoms with Gasteiger partial charge in [-0.3, -0.25) is 9.59 Å². The summed E-state index contributed by atoms with van der Waals surface area (Å²) in [6.45, 7) is 3.20. The fraction of sp³-hybridized carbons (Fsp3) is 0.357. The first-order valence-electron chi connectivity index (χ1n) is 6.84. The molecule has 2 N–H and O–H groups in total. The van der Waals surface area contributed by atoms with Crippen LogP contribution < -0.4 is 5.32 Å². The van der Waals surface area contributed by atoms with E-state index in [0.29, 0.717) is 5.82 Å². The minimum atomic E-state index is -0.960. The van der Waals surface area contributed by atoms with Gasteiger partial charge in [0.1, 0.15) is 6.04 Å². The molecular weight excluding hydrogens is 286 g/mol. The zero-order chi connectivity index (χ0) is 16.1. The number of benzene rings is 1. The van der Waals surface area contributed by atoms with Gasteiger partial charge in [-0.15, -0.1) is 10.2 Å². The number of carboxylic acids is 1. The Kier molecular flexibility index (Phi) is 4.82. The number of amides is 1. The number of hydrogen-bond donors (Lipinski definition) is 2. The van der Waals surface area contributed by atoms with E-state index in [1.54, 1.807) is 6.92 Å². The first-order chi connectivity index (χ1) is 10.5. The lowest BCUT2D eigenvalue weighted by molar-refractivity contribution is -0.141. The maximum atomic E-state index is 12.0. The van der Waals surface area contributed by atoms with Crippen LogP contribution in [0.1, 0.15) is 19.9 Å². The van der Waals surface area contributed by atoms with Crippen LogP contribution in [0.15, 0.2) is 30.3 Å². The first kappa shape index (κ1) is 15.6. The van der Waals surface area contributed by atoms with Gasteiger partial charge in [0.2, 0.25) is 11.7 Å². The lowest BCUT2D eigenvalue weighted by Gasteiger charge is -2.12. The van der Waals surface area contributed by atoms with Crippen molar-refractivity contribution in [1.29, 1.82) is 0 Å². The number of aromatic nitrogens is 4. The lowest BCUT2D eigenvalue weighted by Crippen LogP contribution is -2.36.